The molecule has 0 aliphatic heterocycles. The smallest absolute Gasteiger partial charge is 0.178 e. The Hall–Kier alpha value is -2.39. The summed E-state index contributed by atoms with van der Waals surface area (Å²) < 4.78 is 4.31. The van der Waals surface area contributed by atoms with Gasteiger partial charge in [0.15, 0.2) is 4.77 Å². The van der Waals surface area contributed by atoms with Crippen LogP contribution in [0.1, 0.15) is 11.3 Å². The highest BCUT2D eigenvalue weighted by Gasteiger charge is 2.09. The lowest BCUT2D eigenvalue weighted by Gasteiger charge is -2.01. The summed E-state index contributed by atoms with van der Waals surface area (Å²) in [7, 11) is 1.88. The lowest BCUT2D eigenvalue weighted by molar-refractivity contribution is 0.710. The van der Waals surface area contributed by atoms with Crippen LogP contribution in [0.2, 0.25) is 0 Å². The van der Waals surface area contributed by atoms with Crippen LogP contribution in [-0.2, 0) is 13.6 Å². The van der Waals surface area contributed by atoms with Gasteiger partial charge in [-0.1, -0.05) is 6.07 Å². The minimum atomic E-state index is 0.592. The zero-order valence-electron chi connectivity index (χ0n) is 10.3. The maximum Gasteiger partial charge on any atom is 0.178 e. The molecule has 0 radical (unpaired) electrons. The van der Waals surface area contributed by atoms with E-state index in [2.05, 4.69) is 16.2 Å². The molecule has 0 atom stereocenters. The average Bonchev–Trinajstić information content (AvgIpc) is 2.94. The molecule has 0 unspecified atom stereocenters. The number of hydrogen-bond donors (Lipinski definition) is 1. The van der Waals surface area contributed by atoms with E-state index in [1.165, 1.54) is 0 Å². The second-order valence-electron chi connectivity index (χ2n) is 4.31. The van der Waals surface area contributed by atoms with Crippen molar-refractivity contribution in [1.29, 1.82) is 5.26 Å². The fourth-order valence-electron chi connectivity index (χ4n) is 2.14. The summed E-state index contributed by atoms with van der Waals surface area (Å²) in [6, 6.07) is 9.71. The van der Waals surface area contributed by atoms with Crippen LogP contribution in [0.25, 0.3) is 11.0 Å². The predicted molar refractivity (Wildman–Crippen MR) is 74.1 cm³/mol. The highest BCUT2D eigenvalue weighted by Crippen LogP contribution is 2.18. The first kappa shape index (κ1) is 11.7. The molecule has 5 nitrogen and oxygen atoms in total. The Labute approximate surface area is 114 Å². The lowest BCUT2D eigenvalue weighted by atomic mass is 10.2. The number of H-pyrrole nitrogens is 1. The third-order valence-corrected chi connectivity index (χ3v) is 3.34. The predicted octanol–water partition coefficient (Wildman–Crippen LogP) is 2.35. The maximum atomic E-state index is 9.10. The number of benzene rings is 1. The number of nitrogens with zero attached hydrogens (tertiary/aromatic N) is 4. The first-order valence-corrected chi connectivity index (χ1v) is 6.20. The van der Waals surface area contributed by atoms with Crippen LogP contribution in [0, 0.1) is 16.1 Å². The SMILES string of the molecule is Cn1ccc(Cn2c(=S)[nH]c3c(C#N)cccc32)n1. The van der Waals surface area contributed by atoms with Crippen LogP contribution >= 0.6 is 12.2 Å². The molecule has 1 aromatic carbocycles. The molecule has 0 spiro atoms. The first-order chi connectivity index (χ1) is 9.19. The van der Waals surface area contributed by atoms with Crippen molar-refractivity contribution >= 4 is 23.3 Å². The molecule has 1 N–H and O–H groups in total. The second-order valence-corrected chi connectivity index (χ2v) is 4.70. The van der Waals surface area contributed by atoms with Gasteiger partial charge in [0, 0.05) is 13.2 Å². The van der Waals surface area contributed by atoms with E-state index >= 15 is 0 Å². The number of fused-ring (bicyclic) bond motifs is 1. The fraction of sp³-hybridized carbons (Fsp3) is 0.154. The van der Waals surface area contributed by atoms with Gasteiger partial charge in [0.2, 0.25) is 0 Å². The average molecular weight is 269 g/mol. The second kappa shape index (κ2) is 4.37. The van der Waals surface area contributed by atoms with Gasteiger partial charge in [-0.3, -0.25) is 4.68 Å². The molecule has 3 aromatic rings. The van der Waals surface area contributed by atoms with Gasteiger partial charge >= 0.3 is 0 Å². The Morgan fingerprint density at radius 3 is 2.95 bits per heavy atom. The van der Waals surface area contributed by atoms with Crippen molar-refractivity contribution in [3.8, 4) is 6.07 Å². The summed E-state index contributed by atoms with van der Waals surface area (Å²) in [6.07, 6.45) is 1.90. The molecule has 0 aliphatic rings. The van der Waals surface area contributed by atoms with E-state index in [1.54, 1.807) is 10.7 Å². The molecule has 0 saturated heterocycles. The number of para-hydroxylation sites is 1. The Kier molecular flexibility index (Phi) is 2.69. The third kappa shape index (κ3) is 1.94. The van der Waals surface area contributed by atoms with Gasteiger partial charge in [0.1, 0.15) is 6.07 Å². The molecule has 2 heterocycles. The monoisotopic (exact) mass is 269 g/mol. The fourth-order valence-corrected chi connectivity index (χ4v) is 2.40. The van der Waals surface area contributed by atoms with E-state index in [0.29, 0.717) is 16.9 Å². The molecule has 0 bridgehead atoms. The Balaban J connectivity index is 2.17. The molecular formula is C13H11N5S. The summed E-state index contributed by atoms with van der Waals surface area (Å²) in [6.45, 7) is 0.592. The van der Waals surface area contributed by atoms with Crippen LogP contribution in [0.4, 0.5) is 0 Å². The number of hydrogen-bond acceptors (Lipinski definition) is 3. The number of nitrogens with one attached hydrogen (secondary N) is 1. The zero-order chi connectivity index (χ0) is 13.4. The van der Waals surface area contributed by atoms with E-state index in [1.807, 2.05) is 36.0 Å². The normalized spacial score (nSPS) is 10.7. The number of aromatic nitrogens is 4. The Morgan fingerprint density at radius 2 is 2.26 bits per heavy atom. The summed E-state index contributed by atoms with van der Waals surface area (Å²) in [4.78, 5) is 3.09. The number of rotatable bonds is 2. The maximum absolute atomic E-state index is 9.10. The molecule has 0 aliphatic carbocycles. The zero-order valence-corrected chi connectivity index (χ0v) is 11.1. The summed E-state index contributed by atoms with van der Waals surface area (Å²) in [5.41, 5.74) is 3.24. The lowest BCUT2D eigenvalue weighted by Crippen LogP contribution is -2.01. The van der Waals surface area contributed by atoms with E-state index in [9.17, 15) is 0 Å². The number of aromatic amines is 1. The van der Waals surface area contributed by atoms with Gasteiger partial charge in [-0.05, 0) is 30.4 Å². The minimum Gasteiger partial charge on any atom is -0.329 e. The summed E-state index contributed by atoms with van der Waals surface area (Å²) in [5.74, 6) is 0. The van der Waals surface area contributed by atoms with Gasteiger partial charge in [0.25, 0.3) is 0 Å². The van der Waals surface area contributed by atoms with Crippen LogP contribution in [0.5, 0.6) is 0 Å². The Morgan fingerprint density at radius 1 is 1.42 bits per heavy atom. The molecular weight excluding hydrogens is 258 g/mol. The van der Waals surface area contributed by atoms with Crippen molar-refractivity contribution in [2.75, 3.05) is 0 Å². The van der Waals surface area contributed by atoms with Gasteiger partial charge in [-0.25, -0.2) is 0 Å². The number of imidazole rings is 1. The van der Waals surface area contributed by atoms with E-state index in [4.69, 9.17) is 17.5 Å². The first-order valence-electron chi connectivity index (χ1n) is 5.79. The number of aryl methyl sites for hydroxylation is 1. The van der Waals surface area contributed by atoms with E-state index in [-0.39, 0.29) is 0 Å². The van der Waals surface area contributed by atoms with Crippen LogP contribution in [0.15, 0.2) is 30.5 Å². The summed E-state index contributed by atoms with van der Waals surface area (Å²) in [5, 5.41) is 13.4. The standard InChI is InChI=1S/C13H11N5S/c1-17-6-5-10(16-17)8-18-11-4-2-3-9(7-14)12(11)15-13(18)19/h2-6H,8H2,1H3,(H,15,19). The van der Waals surface area contributed by atoms with Crippen molar-refractivity contribution < 1.29 is 0 Å². The molecule has 94 valence electrons. The summed E-state index contributed by atoms with van der Waals surface area (Å²) >= 11 is 5.33. The van der Waals surface area contributed by atoms with Crippen LogP contribution in [-0.4, -0.2) is 19.3 Å². The van der Waals surface area contributed by atoms with Gasteiger partial charge in [-0.2, -0.15) is 10.4 Å². The highest BCUT2D eigenvalue weighted by atomic mass is 32.1. The molecule has 3 rings (SSSR count). The van der Waals surface area contributed by atoms with E-state index < -0.39 is 0 Å². The van der Waals surface area contributed by atoms with Crippen molar-refractivity contribution in [2.24, 2.45) is 7.05 Å². The van der Waals surface area contributed by atoms with Crippen molar-refractivity contribution in [2.45, 2.75) is 6.54 Å². The quantitative estimate of drug-likeness (QED) is 0.726. The third-order valence-electron chi connectivity index (χ3n) is 3.02. The largest absolute Gasteiger partial charge is 0.329 e. The van der Waals surface area contributed by atoms with Crippen molar-refractivity contribution in [1.82, 2.24) is 19.3 Å². The topological polar surface area (TPSA) is 62.3 Å². The molecule has 0 saturated carbocycles. The molecule has 0 amide bonds. The molecule has 2 aromatic heterocycles. The number of nitriles is 1. The van der Waals surface area contributed by atoms with Gasteiger partial charge in [0.05, 0.1) is 28.8 Å². The molecule has 0 fully saturated rings. The van der Waals surface area contributed by atoms with Crippen molar-refractivity contribution in [3.05, 3.63) is 46.5 Å². The van der Waals surface area contributed by atoms with Gasteiger partial charge < -0.3 is 9.55 Å². The van der Waals surface area contributed by atoms with Crippen LogP contribution < -0.4 is 0 Å². The van der Waals surface area contributed by atoms with E-state index in [0.717, 1.165) is 16.7 Å². The molecule has 6 heteroatoms. The van der Waals surface area contributed by atoms with Crippen molar-refractivity contribution in [3.63, 3.8) is 0 Å². The van der Waals surface area contributed by atoms with Gasteiger partial charge in [-0.15, -0.1) is 0 Å². The Bertz CT molecular complexity index is 846. The van der Waals surface area contributed by atoms with Crippen LogP contribution in [0.3, 0.4) is 0 Å². The minimum absolute atomic E-state index is 0.592. The molecule has 19 heavy (non-hydrogen) atoms. The highest BCUT2D eigenvalue weighted by molar-refractivity contribution is 7.71.